The second-order valence-electron chi connectivity index (χ2n) is 9.70. The van der Waals surface area contributed by atoms with Crippen LogP contribution in [0.15, 0.2) is 81.4 Å². The number of anilines is 1. The summed E-state index contributed by atoms with van der Waals surface area (Å²) in [4.78, 5) is 34.3. The molecule has 0 radical (unpaired) electrons. The van der Waals surface area contributed by atoms with E-state index in [2.05, 4.69) is 15.3 Å². The third-order valence-corrected chi connectivity index (χ3v) is 8.10. The van der Waals surface area contributed by atoms with E-state index in [4.69, 9.17) is 16.0 Å². The van der Waals surface area contributed by atoms with Crippen LogP contribution >= 0.6 is 11.6 Å². The fourth-order valence-corrected chi connectivity index (χ4v) is 5.64. The molecule has 0 spiro atoms. The van der Waals surface area contributed by atoms with Gasteiger partial charge in [0, 0.05) is 48.5 Å². The number of nitrogens with one attached hydrogen (secondary N) is 2. The first kappa shape index (κ1) is 28.1. The summed E-state index contributed by atoms with van der Waals surface area (Å²) in [6, 6.07) is 10.8. The molecular weight excluding hydrogens is 566 g/mol. The zero-order valence-electron chi connectivity index (χ0n) is 22.6. The highest BCUT2D eigenvalue weighted by atomic mass is 35.5. The highest BCUT2D eigenvalue weighted by Crippen LogP contribution is 2.33. The Kier molecular flexibility index (Phi) is 7.41. The van der Waals surface area contributed by atoms with Crippen molar-refractivity contribution in [2.24, 2.45) is 7.05 Å². The van der Waals surface area contributed by atoms with Crippen molar-refractivity contribution in [3.63, 3.8) is 0 Å². The average molecular weight is 592 g/mol. The van der Waals surface area contributed by atoms with Crippen molar-refractivity contribution in [3.8, 4) is 11.3 Å². The van der Waals surface area contributed by atoms with Gasteiger partial charge in [-0.3, -0.25) is 14.6 Å². The molecule has 210 valence electrons. The quantitative estimate of drug-likeness (QED) is 0.248. The van der Waals surface area contributed by atoms with Gasteiger partial charge in [0.2, 0.25) is 0 Å². The summed E-state index contributed by atoms with van der Waals surface area (Å²) >= 11 is 6.08. The van der Waals surface area contributed by atoms with Crippen molar-refractivity contribution in [3.05, 3.63) is 105 Å². The van der Waals surface area contributed by atoms with Gasteiger partial charge in [-0.1, -0.05) is 17.7 Å². The minimum atomic E-state index is -4.21. The second-order valence-corrected chi connectivity index (χ2v) is 11.8. The lowest BCUT2D eigenvalue weighted by Crippen LogP contribution is -2.32. The number of nitrogens with zero attached hydrogens (tertiary/aromatic N) is 3. The van der Waals surface area contributed by atoms with Gasteiger partial charge in [-0.15, -0.1) is 0 Å². The number of hydrogen-bond acceptors (Lipinski definition) is 8. The first-order chi connectivity index (χ1) is 19.4. The number of sulfonamides is 1. The fraction of sp³-hybridized carbons (Fsp3) is 0.172. The zero-order valence-corrected chi connectivity index (χ0v) is 24.2. The summed E-state index contributed by atoms with van der Waals surface area (Å²) in [6.07, 6.45) is 6.29. The highest BCUT2D eigenvalue weighted by Gasteiger charge is 2.25. The van der Waals surface area contributed by atoms with Gasteiger partial charge >= 0.3 is 0 Å². The average Bonchev–Trinajstić information content (AvgIpc) is 3.37. The van der Waals surface area contributed by atoms with Gasteiger partial charge in [0.1, 0.15) is 21.4 Å². The Morgan fingerprint density at radius 1 is 1.15 bits per heavy atom. The summed E-state index contributed by atoms with van der Waals surface area (Å²) in [5.41, 5.74) is 3.04. The molecule has 4 aromatic heterocycles. The summed E-state index contributed by atoms with van der Waals surface area (Å²) in [5.74, 6) is -0.511. The summed E-state index contributed by atoms with van der Waals surface area (Å²) < 4.78 is 35.8. The van der Waals surface area contributed by atoms with Crippen LogP contribution in [-0.2, 0) is 17.1 Å². The van der Waals surface area contributed by atoms with E-state index in [1.165, 1.54) is 30.5 Å². The molecule has 0 unspecified atom stereocenters. The van der Waals surface area contributed by atoms with Gasteiger partial charge in [-0.2, -0.15) is 0 Å². The zero-order chi connectivity index (χ0) is 29.5. The van der Waals surface area contributed by atoms with Gasteiger partial charge in [-0.05, 0) is 62.7 Å². The number of aromatic nitrogens is 3. The van der Waals surface area contributed by atoms with Gasteiger partial charge in [0.15, 0.2) is 11.1 Å². The van der Waals surface area contributed by atoms with E-state index in [9.17, 15) is 18.0 Å². The van der Waals surface area contributed by atoms with Crippen LogP contribution < -0.4 is 15.5 Å². The molecule has 12 heteroatoms. The Bertz CT molecular complexity index is 1970. The van der Waals surface area contributed by atoms with E-state index >= 15 is 0 Å². The predicted octanol–water partition coefficient (Wildman–Crippen LogP) is 5.15. The molecule has 2 N–H and O–H groups in total. The molecule has 0 aliphatic carbocycles. The van der Waals surface area contributed by atoms with E-state index in [1.807, 2.05) is 54.7 Å². The maximum absolute atomic E-state index is 13.4. The maximum atomic E-state index is 13.4. The van der Waals surface area contributed by atoms with E-state index in [-0.39, 0.29) is 26.9 Å². The van der Waals surface area contributed by atoms with Crippen LogP contribution in [0.4, 0.5) is 5.69 Å². The number of carbonyl (C=O) groups is 1. The molecule has 0 fully saturated rings. The molecule has 0 aliphatic rings. The highest BCUT2D eigenvalue weighted by molar-refractivity contribution is 7.90. The van der Waals surface area contributed by atoms with E-state index < -0.39 is 22.0 Å². The summed E-state index contributed by atoms with van der Waals surface area (Å²) in [6.45, 7) is 5.45. The Balaban J connectivity index is 1.55. The van der Waals surface area contributed by atoms with Crippen LogP contribution in [0.2, 0.25) is 5.15 Å². The van der Waals surface area contributed by atoms with Gasteiger partial charge < -0.3 is 14.3 Å². The van der Waals surface area contributed by atoms with Crippen LogP contribution in [0.25, 0.3) is 22.3 Å². The lowest BCUT2D eigenvalue weighted by molar-refractivity contribution is 0.0977. The molecule has 5 rings (SSSR count). The van der Waals surface area contributed by atoms with E-state index in [0.29, 0.717) is 27.9 Å². The normalized spacial score (nSPS) is 12.3. The topological polar surface area (TPSA) is 136 Å². The van der Waals surface area contributed by atoms with Gasteiger partial charge in [0.05, 0.1) is 17.1 Å². The SMILES string of the molecule is Cc1cc([C@@H](C)Nc2ccc(Cl)nc2C(=O)NS(=O)(=O)c2cccnc2)c2oc(-c3ccn(C)c3)c(C)c(=O)c2c1. The molecule has 0 saturated heterocycles. The number of fused-ring (bicyclic) bond motifs is 1. The molecular formula is C29H26ClN5O5S. The lowest BCUT2D eigenvalue weighted by atomic mass is 9.99. The summed E-state index contributed by atoms with van der Waals surface area (Å²) in [7, 11) is -2.33. The summed E-state index contributed by atoms with van der Waals surface area (Å²) in [5, 5.41) is 3.65. The number of amides is 1. The number of hydrogen-bond donors (Lipinski definition) is 2. The number of aryl methyl sites for hydroxylation is 2. The minimum absolute atomic E-state index is 0.00195. The standard InChI is InChI=1S/C29H26ClN5O5S/c1-16-12-21(28-22(13-16)26(36)17(2)27(40-28)19-9-11-35(4)15-19)18(3)32-23-7-8-24(30)33-25(23)29(37)34-41(38,39)20-6-5-10-31-14-20/h5-15,18,32H,1-4H3,(H,34,37)/t18-/m1/s1. The second kappa shape index (κ2) is 10.8. The first-order valence-electron chi connectivity index (χ1n) is 12.5. The molecule has 0 bridgehead atoms. The van der Waals surface area contributed by atoms with Crippen molar-refractivity contribution in [2.45, 2.75) is 31.7 Å². The molecule has 4 heterocycles. The number of halogens is 1. The smallest absolute Gasteiger partial charge is 0.285 e. The molecule has 1 atom stereocenters. The van der Waals surface area contributed by atoms with Gasteiger partial charge in [0.25, 0.3) is 15.9 Å². The number of rotatable bonds is 7. The third-order valence-electron chi connectivity index (χ3n) is 6.57. The Labute approximate surface area is 241 Å². The van der Waals surface area contributed by atoms with Crippen LogP contribution in [0, 0.1) is 13.8 Å². The monoisotopic (exact) mass is 591 g/mol. The van der Waals surface area contributed by atoms with Crippen LogP contribution in [0.1, 0.15) is 40.1 Å². The van der Waals surface area contributed by atoms with E-state index in [1.54, 1.807) is 13.0 Å². The maximum Gasteiger partial charge on any atom is 0.285 e. The van der Waals surface area contributed by atoms with Crippen LogP contribution in [0.3, 0.4) is 0 Å². The Morgan fingerprint density at radius 3 is 2.61 bits per heavy atom. The minimum Gasteiger partial charge on any atom is -0.455 e. The molecule has 1 aromatic carbocycles. The molecule has 0 aliphatic heterocycles. The molecule has 10 nitrogen and oxygen atoms in total. The van der Waals surface area contributed by atoms with Crippen molar-refractivity contribution in [1.29, 1.82) is 0 Å². The van der Waals surface area contributed by atoms with Crippen molar-refractivity contribution in [1.82, 2.24) is 19.3 Å². The largest absolute Gasteiger partial charge is 0.455 e. The molecule has 0 saturated carbocycles. The van der Waals surface area contributed by atoms with Crippen LogP contribution in [-0.4, -0.2) is 28.9 Å². The lowest BCUT2D eigenvalue weighted by Gasteiger charge is -2.20. The van der Waals surface area contributed by atoms with Crippen molar-refractivity contribution in [2.75, 3.05) is 5.32 Å². The molecule has 1 amide bonds. The number of benzene rings is 1. The van der Waals surface area contributed by atoms with E-state index in [0.717, 1.165) is 17.3 Å². The van der Waals surface area contributed by atoms with Gasteiger partial charge in [-0.25, -0.2) is 18.1 Å². The third kappa shape index (κ3) is 5.59. The van der Waals surface area contributed by atoms with Crippen molar-refractivity contribution < 1.29 is 17.6 Å². The Hall–Kier alpha value is -4.48. The molecule has 41 heavy (non-hydrogen) atoms. The van der Waals surface area contributed by atoms with Crippen LogP contribution in [0.5, 0.6) is 0 Å². The first-order valence-corrected chi connectivity index (χ1v) is 14.4. The molecule has 5 aromatic rings. The number of pyridine rings is 2. The Morgan fingerprint density at radius 2 is 1.93 bits per heavy atom. The fourth-order valence-electron chi connectivity index (χ4n) is 4.57. The number of carbonyl (C=O) groups excluding carboxylic acids is 1. The van der Waals surface area contributed by atoms with Crippen molar-refractivity contribution >= 4 is 44.2 Å². The predicted molar refractivity (Wildman–Crippen MR) is 157 cm³/mol.